The molecule has 13 heavy (non-hydrogen) atoms. The van der Waals surface area contributed by atoms with Crippen LogP contribution in [0, 0.1) is 0 Å². The number of fused-ring (bicyclic) bond motifs is 1. The van der Waals surface area contributed by atoms with Crippen molar-refractivity contribution in [1.82, 2.24) is 0 Å². The maximum Gasteiger partial charge on any atom is 0.187 e. The lowest BCUT2D eigenvalue weighted by Gasteiger charge is -2.09. The van der Waals surface area contributed by atoms with Crippen LogP contribution >= 0.6 is 12.6 Å². The second-order valence-electron chi connectivity index (χ2n) is 2.76. The highest BCUT2D eigenvalue weighted by Crippen LogP contribution is 2.23. The van der Waals surface area contributed by atoms with Crippen molar-refractivity contribution >= 4 is 24.2 Å². The van der Waals surface area contributed by atoms with Crippen molar-refractivity contribution in [3.05, 3.63) is 41.5 Å². The minimum atomic E-state index is -0.153. The molecule has 0 atom stereocenters. The quantitative estimate of drug-likeness (QED) is 0.634. The molecule has 0 saturated carbocycles. The fourth-order valence-corrected chi connectivity index (χ4v) is 1.65. The van der Waals surface area contributed by atoms with Gasteiger partial charge in [0.05, 0.1) is 0 Å². The van der Waals surface area contributed by atoms with Crippen LogP contribution in [0.2, 0.25) is 0 Å². The van der Waals surface area contributed by atoms with Crippen molar-refractivity contribution in [1.29, 1.82) is 0 Å². The first-order valence-electron chi connectivity index (χ1n) is 3.79. The molecule has 0 N–H and O–H groups in total. The molecule has 0 aliphatic heterocycles. The second-order valence-corrected chi connectivity index (χ2v) is 3.24. The van der Waals surface area contributed by atoms with Crippen molar-refractivity contribution in [3.8, 4) is 0 Å². The first-order chi connectivity index (χ1) is 6.20. The highest BCUT2D eigenvalue weighted by atomic mass is 32.1. The minimum absolute atomic E-state index is 0.134. The Labute approximate surface area is 80.7 Å². The molecule has 0 bridgehead atoms. The van der Waals surface area contributed by atoms with Crippen LogP contribution < -0.4 is 0 Å². The average molecular weight is 190 g/mol. The summed E-state index contributed by atoms with van der Waals surface area (Å²) in [5.74, 6) is -0.286. The van der Waals surface area contributed by atoms with E-state index >= 15 is 0 Å². The molecule has 1 aliphatic rings. The lowest BCUT2D eigenvalue weighted by atomic mass is 9.95. The van der Waals surface area contributed by atoms with E-state index < -0.39 is 0 Å². The van der Waals surface area contributed by atoms with Crippen molar-refractivity contribution in [2.75, 3.05) is 0 Å². The smallest absolute Gasteiger partial charge is 0.187 e. The molecule has 0 fully saturated rings. The zero-order chi connectivity index (χ0) is 9.42. The summed E-state index contributed by atoms with van der Waals surface area (Å²) in [6.45, 7) is 0. The van der Waals surface area contributed by atoms with Gasteiger partial charge in [0.25, 0.3) is 0 Å². The Morgan fingerprint density at radius 3 is 2.38 bits per heavy atom. The standard InChI is InChI=1S/C10H6O2S/c11-7-4-5-8(12)10-6(7)2-1-3-9(10)13/h1-5,13H. The van der Waals surface area contributed by atoms with Gasteiger partial charge >= 0.3 is 0 Å². The number of allylic oxidation sites excluding steroid dienone is 2. The summed E-state index contributed by atoms with van der Waals surface area (Å²) in [6.07, 6.45) is 2.57. The Hall–Kier alpha value is -1.35. The average Bonchev–Trinajstić information content (AvgIpc) is 2.12. The van der Waals surface area contributed by atoms with Crippen molar-refractivity contribution in [2.24, 2.45) is 0 Å². The van der Waals surface area contributed by atoms with Crippen LogP contribution in [-0.4, -0.2) is 11.6 Å². The third-order valence-corrected chi connectivity index (χ3v) is 2.31. The van der Waals surface area contributed by atoms with Gasteiger partial charge in [-0.2, -0.15) is 0 Å². The van der Waals surface area contributed by atoms with Crippen LogP contribution in [0.3, 0.4) is 0 Å². The molecule has 2 nitrogen and oxygen atoms in total. The Balaban J connectivity index is 2.76. The summed E-state index contributed by atoms with van der Waals surface area (Å²) in [5.41, 5.74) is 0.860. The topological polar surface area (TPSA) is 34.1 Å². The van der Waals surface area contributed by atoms with E-state index in [1.807, 2.05) is 0 Å². The first-order valence-corrected chi connectivity index (χ1v) is 4.23. The van der Waals surface area contributed by atoms with Crippen LogP contribution in [0.5, 0.6) is 0 Å². The Morgan fingerprint density at radius 1 is 1.00 bits per heavy atom. The molecule has 0 heterocycles. The van der Waals surface area contributed by atoms with Gasteiger partial charge in [-0.15, -0.1) is 12.6 Å². The number of carbonyl (C=O) groups excluding carboxylic acids is 2. The molecule has 0 aromatic heterocycles. The molecular formula is C10H6O2S. The van der Waals surface area contributed by atoms with Gasteiger partial charge in [-0.1, -0.05) is 12.1 Å². The molecule has 1 aromatic carbocycles. The van der Waals surface area contributed by atoms with Gasteiger partial charge in [0.2, 0.25) is 0 Å². The number of rotatable bonds is 0. The third-order valence-electron chi connectivity index (χ3n) is 1.94. The Morgan fingerprint density at radius 2 is 1.69 bits per heavy atom. The van der Waals surface area contributed by atoms with Crippen LogP contribution in [0.15, 0.2) is 35.2 Å². The maximum atomic E-state index is 11.4. The van der Waals surface area contributed by atoms with Gasteiger partial charge in [0.15, 0.2) is 11.6 Å². The molecule has 0 amide bonds. The molecule has 0 spiro atoms. The number of ketones is 2. The normalized spacial score (nSPS) is 14.5. The Bertz CT molecular complexity index is 433. The molecule has 0 radical (unpaired) electrons. The molecule has 64 valence electrons. The molecular weight excluding hydrogens is 184 g/mol. The zero-order valence-electron chi connectivity index (χ0n) is 6.65. The van der Waals surface area contributed by atoms with E-state index in [2.05, 4.69) is 12.6 Å². The predicted molar refractivity (Wildman–Crippen MR) is 51.5 cm³/mol. The van der Waals surface area contributed by atoms with Gasteiger partial charge in [-0.25, -0.2) is 0 Å². The highest BCUT2D eigenvalue weighted by molar-refractivity contribution is 7.80. The largest absolute Gasteiger partial charge is 0.289 e. The van der Waals surface area contributed by atoms with Gasteiger partial charge in [0.1, 0.15) is 0 Å². The predicted octanol–water partition coefficient (Wildman–Crippen LogP) is 1.91. The van der Waals surface area contributed by atoms with Gasteiger partial charge in [-0.05, 0) is 18.2 Å². The van der Waals surface area contributed by atoms with E-state index in [1.54, 1.807) is 18.2 Å². The van der Waals surface area contributed by atoms with E-state index in [1.165, 1.54) is 12.2 Å². The van der Waals surface area contributed by atoms with Crippen LogP contribution in [0.4, 0.5) is 0 Å². The summed E-state index contributed by atoms with van der Waals surface area (Å²) < 4.78 is 0. The number of benzene rings is 1. The lowest BCUT2D eigenvalue weighted by Crippen LogP contribution is -2.11. The third kappa shape index (κ3) is 1.21. The second kappa shape index (κ2) is 2.85. The number of thiol groups is 1. The fraction of sp³-hybridized carbons (Fsp3) is 0. The van der Waals surface area contributed by atoms with Crippen molar-refractivity contribution < 1.29 is 9.59 Å². The maximum absolute atomic E-state index is 11.4. The SMILES string of the molecule is O=C1C=CC(=O)c2c(S)cccc21. The van der Waals surface area contributed by atoms with Gasteiger partial charge in [-0.3, -0.25) is 9.59 Å². The monoisotopic (exact) mass is 190 g/mol. The summed E-state index contributed by atoms with van der Waals surface area (Å²) in [7, 11) is 0. The van der Waals surface area contributed by atoms with Crippen molar-refractivity contribution in [3.63, 3.8) is 0 Å². The molecule has 0 unspecified atom stereocenters. The zero-order valence-corrected chi connectivity index (χ0v) is 7.54. The Kier molecular flexibility index (Phi) is 1.81. The minimum Gasteiger partial charge on any atom is -0.289 e. The highest BCUT2D eigenvalue weighted by Gasteiger charge is 2.20. The molecule has 1 aromatic rings. The van der Waals surface area contributed by atoms with Gasteiger partial charge in [0, 0.05) is 16.0 Å². The van der Waals surface area contributed by atoms with Crippen molar-refractivity contribution in [2.45, 2.75) is 4.90 Å². The summed E-state index contributed by atoms with van der Waals surface area (Å²) in [4.78, 5) is 23.2. The molecule has 3 heteroatoms. The number of hydrogen-bond donors (Lipinski definition) is 1. The van der Waals surface area contributed by atoms with Gasteiger partial charge < -0.3 is 0 Å². The fourth-order valence-electron chi connectivity index (χ4n) is 1.33. The van der Waals surface area contributed by atoms with Crippen LogP contribution in [0.1, 0.15) is 20.7 Å². The summed E-state index contributed by atoms with van der Waals surface area (Å²) in [5, 5.41) is 0. The van der Waals surface area contributed by atoms with E-state index in [-0.39, 0.29) is 11.6 Å². The van der Waals surface area contributed by atoms with E-state index in [9.17, 15) is 9.59 Å². The molecule has 0 saturated heterocycles. The summed E-state index contributed by atoms with van der Waals surface area (Å²) >= 11 is 4.13. The molecule has 2 rings (SSSR count). The van der Waals surface area contributed by atoms with E-state index in [4.69, 9.17) is 0 Å². The number of hydrogen-bond acceptors (Lipinski definition) is 3. The van der Waals surface area contributed by atoms with E-state index in [0.29, 0.717) is 16.0 Å². The number of carbonyl (C=O) groups is 2. The van der Waals surface area contributed by atoms with Crippen LogP contribution in [0.25, 0.3) is 0 Å². The first kappa shape index (κ1) is 8.26. The molecule has 1 aliphatic carbocycles. The lowest BCUT2D eigenvalue weighted by molar-refractivity contribution is 0.0992. The van der Waals surface area contributed by atoms with E-state index in [0.717, 1.165) is 0 Å². The summed E-state index contributed by atoms with van der Waals surface area (Å²) in [6, 6.07) is 5.05. The van der Waals surface area contributed by atoms with Crippen LogP contribution in [-0.2, 0) is 0 Å².